The number of nitrogens with zero attached hydrogens (tertiary/aromatic N) is 1. The first kappa shape index (κ1) is 24.9. The number of carbonyl (C=O) groups is 3. The van der Waals surface area contributed by atoms with E-state index in [-0.39, 0.29) is 16.8 Å². The smallest absolute Gasteiger partial charge is 0.347 e. The molecule has 0 saturated heterocycles. The standard InChI is InChI=1S/C21H27IN2O5/c1-14(2)17(28-16(25)12-22)18(26)24-21(13-23,19(27)29-20(3,4)5)11-15-9-7-6-8-10-15/h6-10,14,17H,11-12H2,1-5H3,(H,24,26). The highest BCUT2D eigenvalue weighted by molar-refractivity contribution is 14.1. The fourth-order valence-corrected chi connectivity index (χ4v) is 2.67. The van der Waals surface area contributed by atoms with Gasteiger partial charge in [-0.2, -0.15) is 5.26 Å². The van der Waals surface area contributed by atoms with E-state index in [2.05, 4.69) is 5.32 Å². The van der Waals surface area contributed by atoms with Crippen molar-refractivity contribution in [1.29, 1.82) is 5.26 Å². The van der Waals surface area contributed by atoms with Crippen molar-refractivity contribution < 1.29 is 23.9 Å². The number of ether oxygens (including phenoxy) is 2. The van der Waals surface area contributed by atoms with E-state index in [1.807, 2.05) is 34.7 Å². The van der Waals surface area contributed by atoms with Gasteiger partial charge in [-0.15, -0.1) is 0 Å². The third kappa shape index (κ3) is 7.65. The van der Waals surface area contributed by atoms with Crippen LogP contribution in [-0.4, -0.2) is 39.5 Å². The van der Waals surface area contributed by atoms with E-state index in [1.54, 1.807) is 58.9 Å². The Labute approximate surface area is 185 Å². The van der Waals surface area contributed by atoms with Crippen LogP contribution in [-0.2, 0) is 30.3 Å². The van der Waals surface area contributed by atoms with Gasteiger partial charge in [0.15, 0.2) is 6.10 Å². The number of hydrogen-bond donors (Lipinski definition) is 1. The van der Waals surface area contributed by atoms with Gasteiger partial charge in [-0.1, -0.05) is 66.8 Å². The lowest BCUT2D eigenvalue weighted by molar-refractivity contribution is -0.164. The van der Waals surface area contributed by atoms with Gasteiger partial charge in [-0.3, -0.25) is 9.59 Å². The van der Waals surface area contributed by atoms with E-state index in [9.17, 15) is 19.6 Å². The zero-order valence-corrected chi connectivity index (χ0v) is 19.5. The van der Waals surface area contributed by atoms with Crippen molar-refractivity contribution in [2.24, 2.45) is 5.92 Å². The van der Waals surface area contributed by atoms with Crippen LogP contribution in [0.4, 0.5) is 0 Å². The van der Waals surface area contributed by atoms with Crippen LogP contribution in [0.1, 0.15) is 40.2 Å². The number of alkyl halides is 1. The average molecular weight is 514 g/mol. The molecule has 29 heavy (non-hydrogen) atoms. The zero-order valence-electron chi connectivity index (χ0n) is 17.3. The number of carbonyl (C=O) groups excluding carboxylic acids is 3. The summed E-state index contributed by atoms with van der Waals surface area (Å²) in [6.45, 7) is 8.45. The molecule has 0 spiro atoms. The van der Waals surface area contributed by atoms with E-state index >= 15 is 0 Å². The topological polar surface area (TPSA) is 105 Å². The van der Waals surface area contributed by atoms with Gasteiger partial charge in [0.25, 0.3) is 5.91 Å². The van der Waals surface area contributed by atoms with Crippen molar-refractivity contribution in [3.05, 3.63) is 35.9 Å². The van der Waals surface area contributed by atoms with Gasteiger partial charge < -0.3 is 14.8 Å². The largest absolute Gasteiger partial charge is 0.457 e. The van der Waals surface area contributed by atoms with Crippen LogP contribution in [0.3, 0.4) is 0 Å². The second kappa shape index (κ2) is 10.6. The molecule has 0 aliphatic heterocycles. The molecule has 0 radical (unpaired) electrons. The second-order valence-electron chi connectivity index (χ2n) is 7.96. The van der Waals surface area contributed by atoms with Gasteiger partial charge in [0.1, 0.15) is 11.7 Å². The Hall–Kier alpha value is -2.15. The fraction of sp³-hybridized carbons (Fsp3) is 0.524. The molecule has 0 saturated carbocycles. The van der Waals surface area contributed by atoms with Crippen LogP contribution < -0.4 is 5.32 Å². The minimum atomic E-state index is -1.96. The predicted octanol–water partition coefficient (Wildman–Crippen LogP) is 2.95. The molecule has 0 aliphatic carbocycles. The van der Waals surface area contributed by atoms with Gasteiger partial charge in [0.05, 0.1) is 4.43 Å². The Balaban J connectivity index is 3.27. The average Bonchev–Trinajstić information content (AvgIpc) is 2.64. The maximum absolute atomic E-state index is 13.0. The summed E-state index contributed by atoms with van der Waals surface area (Å²) in [4.78, 5) is 37.6. The van der Waals surface area contributed by atoms with Crippen LogP contribution in [0.5, 0.6) is 0 Å². The monoisotopic (exact) mass is 514 g/mol. The Bertz CT molecular complexity index is 768. The lowest BCUT2D eigenvalue weighted by Crippen LogP contribution is -2.60. The van der Waals surface area contributed by atoms with E-state index in [4.69, 9.17) is 9.47 Å². The second-order valence-corrected chi connectivity index (χ2v) is 8.72. The van der Waals surface area contributed by atoms with Gasteiger partial charge >= 0.3 is 11.9 Å². The van der Waals surface area contributed by atoms with Crippen molar-refractivity contribution >= 4 is 40.4 Å². The van der Waals surface area contributed by atoms with Crippen molar-refractivity contribution in [1.82, 2.24) is 5.32 Å². The van der Waals surface area contributed by atoms with Crippen LogP contribution in [0.25, 0.3) is 0 Å². The molecule has 1 aromatic carbocycles. The number of rotatable bonds is 8. The Morgan fingerprint density at radius 2 is 1.76 bits per heavy atom. The summed E-state index contributed by atoms with van der Waals surface area (Å²) < 4.78 is 10.7. The summed E-state index contributed by atoms with van der Waals surface area (Å²) >= 11 is 1.84. The first-order valence-corrected chi connectivity index (χ1v) is 10.7. The molecule has 1 aromatic rings. The zero-order chi connectivity index (χ0) is 22.2. The van der Waals surface area contributed by atoms with Crippen molar-refractivity contribution in [2.75, 3.05) is 4.43 Å². The molecular formula is C21H27IN2O5. The van der Waals surface area contributed by atoms with Gasteiger partial charge in [0.2, 0.25) is 5.54 Å². The number of hydrogen-bond acceptors (Lipinski definition) is 6. The summed E-state index contributed by atoms with van der Waals surface area (Å²) in [5.41, 5.74) is -2.15. The van der Waals surface area contributed by atoms with Crippen LogP contribution in [0, 0.1) is 17.2 Å². The molecule has 2 unspecified atom stereocenters. The Morgan fingerprint density at radius 1 is 1.17 bits per heavy atom. The lowest BCUT2D eigenvalue weighted by atomic mass is 9.90. The lowest BCUT2D eigenvalue weighted by Gasteiger charge is -2.32. The Kier molecular flexibility index (Phi) is 9.08. The van der Waals surface area contributed by atoms with E-state index < -0.39 is 35.1 Å². The molecule has 0 aliphatic rings. The molecule has 0 fully saturated rings. The van der Waals surface area contributed by atoms with Crippen molar-refractivity contribution in [3.8, 4) is 6.07 Å². The summed E-state index contributed by atoms with van der Waals surface area (Å²) in [5, 5.41) is 12.4. The number of benzene rings is 1. The van der Waals surface area contributed by atoms with Crippen LogP contribution >= 0.6 is 22.6 Å². The third-order valence-corrected chi connectivity index (χ3v) is 4.44. The maximum atomic E-state index is 13.0. The molecule has 1 rings (SSSR count). The number of nitriles is 1. The molecule has 2 atom stereocenters. The predicted molar refractivity (Wildman–Crippen MR) is 116 cm³/mol. The Morgan fingerprint density at radius 3 is 2.21 bits per heavy atom. The summed E-state index contributed by atoms with van der Waals surface area (Å²) in [5.74, 6) is -2.50. The first-order valence-electron chi connectivity index (χ1n) is 9.20. The van der Waals surface area contributed by atoms with Crippen molar-refractivity contribution in [3.63, 3.8) is 0 Å². The van der Waals surface area contributed by atoms with Crippen molar-refractivity contribution in [2.45, 2.75) is 58.3 Å². The molecule has 0 bridgehead atoms. The van der Waals surface area contributed by atoms with Crippen LogP contribution in [0.15, 0.2) is 30.3 Å². The summed E-state index contributed by atoms with van der Waals surface area (Å²) in [7, 11) is 0. The first-order chi connectivity index (χ1) is 13.4. The van der Waals surface area contributed by atoms with E-state index in [0.29, 0.717) is 5.56 Å². The molecule has 0 heterocycles. The number of halogens is 1. The molecule has 1 N–H and O–H groups in total. The van der Waals surface area contributed by atoms with Gasteiger partial charge in [-0.25, -0.2) is 4.79 Å². The molecule has 1 amide bonds. The molecule has 8 heteroatoms. The minimum Gasteiger partial charge on any atom is -0.457 e. The van der Waals surface area contributed by atoms with E-state index in [0.717, 1.165) is 0 Å². The number of nitrogens with one attached hydrogen (secondary N) is 1. The SMILES string of the molecule is CC(C)C(OC(=O)CI)C(=O)NC(C#N)(Cc1ccccc1)C(=O)OC(C)(C)C. The highest BCUT2D eigenvalue weighted by Gasteiger charge is 2.46. The van der Waals surface area contributed by atoms with Gasteiger partial charge in [0, 0.05) is 6.42 Å². The highest BCUT2D eigenvalue weighted by Crippen LogP contribution is 2.21. The quantitative estimate of drug-likeness (QED) is 0.325. The summed E-state index contributed by atoms with van der Waals surface area (Å²) in [6, 6.07) is 10.8. The van der Waals surface area contributed by atoms with Gasteiger partial charge in [-0.05, 0) is 32.3 Å². The third-order valence-electron chi connectivity index (χ3n) is 3.82. The molecular weight excluding hydrogens is 487 g/mol. The maximum Gasteiger partial charge on any atom is 0.347 e. The molecule has 0 aromatic heterocycles. The normalized spacial score (nSPS) is 14.3. The minimum absolute atomic E-state index is 0.0771. The van der Waals surface area contributed by atoms with E-state index in [1.165, 1.54) is 0 Å². The molecule has 7 nitrogen and oxygen atoms in total. The fourth-order valence-electron chi connectivity index (χ4n) is 2.49. The summed E-state index contributed by atoms with van der Waals surface area (Å²) in [6.07, 6.45) is -1.22. The van der Waals surface area contributed by atoms with Crippen LogP contribution in [0.2, 0.25) is 0 Å². The highest BCUT2D eigenvalue weighted by atomic mass is 127. The number of esters is 2. The number of amides is 1. The molecule has 158 valence electrons.